The standard InChI is InChI=1S/C20H39NO4S.Na/c1-2-3-4-5-6-7-8-9-10-11-12-13-14-15-16-17-20(22)21-18-19-26(23,24)25;/h9-10H,2-8,11-19H2,1H3,(H,21,22)(H,23,24,25);/q;+1/b10-9-;. The minimum Gasteiger partial charge on any atom is -0.355 e. The van der Waals surface area contributed by atoms with Gasteiger partial charge >= 0.3 is 29.6 Å². The van der Waals surface area contributed by atoms with Gasteiger partial charge in [-0.3, -0.25) is 9.35 Å². The molecule has 7 heteroatoms. The van der Waals surface area contributed by atoms with Crippen molar-refractivity contribution in [3.8, 4) is 0 Å². The molecule has 0 fully saturated rings. The van der Waals surface area contributed by atoms with Crippen LogP contribution in [0.5, 0.6) is 0 Å². The van der Waals surface area contributed by atoms with Gasteiger partial charge in [-0.1, -0.05) is 70.4 Å². The summed E-state index contributed by atoms with van der Waals surface area (Å²) in [5.41, 5.74) is 0. The third kappa shape index (κ3) is 26.1. The van der Waals surface area contributed by atoms with Crippen molar-refractivity contribution in [2.45, 2.75) is 96.8 Å². The molecule has 0 aliphatic heterocycles. The first-order chi connectivity index (χ1) is 12.5. The van der Waals surface area contributed by atoms with Gasteiger partial charge < -0.3 is 5.32 Å². The van der Waals surface area contributed by atoms with Gasteiger partial charge in [-0.15, -0.1) is 0 Å². The number of carbonyl (C=O) groups excluding carboxylic acids is 1. The van der Waals surface area contributed by atoms with E-state index in [2.05, 4.69) is 24.4 Å². The van der Waals surface area contributed by atoms with Gasteiger partial charge in [0.1, 0.15) is 0 Å². The van der Waals surface area contributed by atoms with Crippen LogP contribution >= 0.6 is 0 Å². The number of hydrogen-bond acceptors (Lipinski definition) is 3. The minimum absolute atomic E-state index is 0. The Morgan fingerprint density at radius 3 is 1.85 bits per heavy atom. The van der Waals surface area contributed by atoms with Crippen LogP contribution in [-0.4, -0.2) is 31.2 Å². The first-order valence-electron chi connectivity index (χ1n) is 10.3. The first kappa shape index (κ1) is 29.3. The van der Waals surface area contributed by atoms with Crippen molar-refractivity contribution in [2.24, 2.45) is 0 Å². The second-order valence-corrected chi connectivity index (χ2v) is 8.54. The number of unbranched alkanes of at least 4 members (excludes halogenated alkanes) is 11. The van der Waals surface area contributed by atoms with Crippen LogP contribution in [0.3, 0.4) is 0 Å². The molecule has 0 aromatic rings. The van der Waals surface area contributed by atoms with E-state index in [1.54, 1.807) is 0 Å². The first-order valence-corrected chi connectivity index (χ1v) is 11.9. The SMILES string of the molecule is CCCCCCCC/C=C\CCCCCCCC(=O)NCCS(=O)(=O)O.[Na+]. The summed E-state index contributed by atoms with van der Waals surface area (Å²) in [6.07, 6.45) is 20.9. The van der Waals surface area contributed by atoms with Gasteiger partial charge in [0, 0.05) is 13.0 Å². The van der Waals surface area contributed by atoms with Crippen LogP contribution in [0.1, 0.15) is 96.8 Å². The van der Waals surface area contributed by atoms with Gasteiger partial charge in [0.15, 0.2) is 0 Å². The Labute approximate surface area is 189 Å². The number of amides is 1. The van der Waals surface area contributed by atoms with Crippen LogP contribution in [-0.2, 0) is 14.9 Å². The molecule has 154 valence electrons. The fraction of sp³-hybridized carbons (Fsp3) is 0.850. The van der Waals surface area contributed by atoms with Crippen molar-refractivity contribution in [3.05, 3.63) is 12.2 Å². The third-order valence-electron chi connectivity index (χ3n) is 4.35. The van der Waals surface area contributed by atoms with E-state index in [4.69, 9.17) is 4.55 Å². The van der Waals surface area contributed by atoms with E-state index in [1.165, 1.54) is 57.8 Å². The molecule has 0 unspecified atom stereocenters. The Hall–Kier alpha value is 0.120. The third-order valence-corrected chi connectivity index (χ3v) is 5.07. The Morgan fingerprint density at radius 2 is 1.33 bits per heavy atom. The zero-order valence-electron chi connectivity index (χ0n) is 17.5. The fourth-order valence-corrected chi connectivity index (χ4v) is 3.12. The molecular formula is C20H39NNaO4S+. The largest absolute Gasteiger partial charge is 1.00 e. The summed E-state index contributed by atoms with van der Waals surface area (Å²) >= 11 is 0. The molecule has 2 N–H and O–H groups in total. The number of rotatable bonds is 18. The summed E-state index contributed by atoms with van der Waals surface area (Å²) in [6, 6.07) is 0. The van der Waals surface area contributed by atoms with Crippen LogP contribution in [0.25, 0.3) is 0 Å². The molecule has 0 aromatic carbocycles. The summed E-state index contributed by atoms with van der Waals surface area (Å²) in [5.74, 6) is -0.572. The molecule has 5 nitrogen and oxygen atoms in total. The molecule has 0 saturated heterocycles. The molecule has 1 amide bonds. The van der Waals surface area contributed by atoms with E-state index >= 15 is 0 Å². The van der Waals surface area contributed by atoms with Crippen molar-refractivity contribution in [3.63, 3.8) is 0 Å². The van der Waals surface area contributed by atoms with Gasteiger partial charge in [-0.25, -0.2) is 0 Å². The molecular weight excluding hydrogens is 373 g/mol. The van der Waals surface area contributed by atoms with E-state index in [1.807, 2.05) is 0 Å². The molecule has 0 aromatic heterocycles. The molecule has 0 aliphatic rings. The maximum Gasteiger partial charge on any atom is 1.00 e. The zero-order valence-corrected chi connectivity index (χ0v) is 20.4. The van der Waals surface area contributed by atoms with E-state index in [0.717, 1.165) is 25.7 Å². The number of allylic oxidation sites excluding steroid dienone is 2. The summed E-state index contributed by atoms with van der Waals surface area (Å²) in [5, 5.41) is 2.50. The Kier molecular flexibility index (Phi) is 22.6. The normalized spacial score (nSPS) is 11.5. The quantitative estimate of drug-likeness (QED) is 0.156. The van der Waals surface area contributed by atoms with Gasteiger partial charge in [0.05, 0.1) is 5.75 Å². The maximum absolute atomic E-state index is 11.5. The van der Waals surface area contributed by atoms with Crippen molar-refractivity contribution >= 4 is 16.0 Å². The van der Waals surface area contributed by atoms with Crippen LogP contribution < -0.4 is 34.9 Å². The van der Waals surface area contributed by atoms with Crippen LogP contribution in [0.15, 0.2) is 12.2 Å². The van der Waals surface area contributed by atoms with Crippen molar-refractivity contribution in [1.29, 1.82) is 0 Å². The number of nitrogens with one attached hydrogen (secondary N) is 1. The fourth-order valence-electron chi connectivity index (χ4n) is 2.76. The summed E-state index contributed by atoms with van der Waals surface area (Å²) < 4.78 is 29.6. The minimum atomic E-state index is -3.99. The molecule has 27 heavy (non-hydrogen) atoms. The number of carbonyl (C=O) groups is 1. The molecule has 0 spiro atoms. The zero-order chi connectivity index (χ0) is 19.5. The molecule has 0 atom stereocenters. The monoisotopic (exact) mass is 412 g/mol. The second kappa shape index (κ2) is 20.8. The maximum atomic E-state index is 11.5. The van der Waals surface area contributed by atoms with Gasteiger partial charge in [0.2, 0.25) is 5.91 Å². The summed E-state index contributed by atoms with van der Waals surface area (Å²) in [4.78, 5) is 11.5. The van der Waals surface area contributed by atoms with Crippen LogP contribution in [0.2, 0.25) is 0 Å². The van der Waals surface area contributed by atoms with Gasteiger partial charge in [-0.05, 0) is 32.1 Å². The van der Waals surface area contributed by atoms with Crippen molar-refractivity contribution in [1.82, 2.24) is 5.32 Å². The van der Waals surface area contributed by atoms with Crippen molar-refractivity contribution < 1.29 is 47.3 Å². The van der Waals surface area contributed by atoms with Gasteiger partial charge in [-0.2, -0.15) is 8.42 Å². The Morgan fingerprint density at radius 1 is 0.852 bits per heavy atom. The molecule has 0 saturated carbocycles. The summed E-state index contributed by atoms with van der Waals surface area (Å²) in [7, 11) is -3.99. The topological polar surface area (TPSA) is 83.5 Å². The van der Waals surface area contributed by atoms with Gasteiger partial charge in [0.25, 0.3) is 10.1 Å². The molecule has 0 rings (SSSR count). The smallest absolute Gasteiger partial charge is 0.355 e. The van der Waals surface area contributed by atoms with E-state index in [9.17, 15) is 13.2 Å². The average Bonchev–Trinajstić information content (AvgIpc) is 2.57. The molecule has 0 radical (unpaired) electrons. The number of hydrogen-bond donors (Lipinski definition) is 2. The molecule has 0 heterocycles. The van der Waals surface area contributed by atoms with E-state index in [0.29, 0.717) is 6.42 Å². The van der Waals surface area contributed by atoms with Crippen LogP contribution in [0.4, 0.5) is 0 Å². The summed E-state index contributed by atoms with van der Waals surface area (Å²) in [6.45, 7) is 2.22. The predicted octanol–water partition coefficient (Wildman–Crippen LogP) is 2.03. The molecule has 0 bridgehead atoms. The second-order valence-electron chi connectivity index (χ2n) is 6.97. The van der Waals surface area contributed by atoms with E-state index in [-0.39, 0.29) is 42.0 Å². The predicted molar refractivity (Wildman–Crippen MR) is 109 cm³/mol. The Balaban J connectivity index is 0. The van der Waals surface area contributed by atoms with E-state index < -0.39 is 15.9 Å². The Bertz CT molecular complexity index is 467. The van der Waals surface area contributed by atoms with Crippen molar-refractivity contribution in [2.75, 3.05) is 12.3 Å². The average molecular weight is 413 g/mol. The van der Waals surface area contributed by atoms with Crippen LogP contribution in [0, 0.1) is 0 Å². The molecule has 0 aliphatic carbocycles.